The number of nitrogens with one attached hydrogen (secondary N) is 3. The third-order valence-electron chi connectivity index (χ3n) is 10.1. The van der Waals surface area contributed by atoms with Crippen molar-refractivity contribution in [3.63, 3.8) is 0 Å². The molecule has 2 aromatic heterocycles. The number of H-pyrrole nitrogens is 1. The number of sulfonamides is 1. The molecule has 4 aromatic rings. The van der Waals surface area contributed by atoms with Gasteiger partial charge in [-0.3, -0.25) is 24.6 Å². The van der Waals surface area contributed by atoms with E-state index in [9.17, 15) is 31.6 Å². The van der Waals surface area contributed by atoms with Crippen molar-refractivity contribution in [1.29, 1.82) is 0 Å². The fourth-order valence-corrected chi connectivity index (χ4v) is 8.44. The number of piperidine rings is 2. The Morgan fingerprint density at radius 1 is 0.925 bits per heavy atom. The van der Waals surface area contributed by atoms with Crippen LogP contribution in [0.15, 0.2) is 70.5 Å². The number of nitrogens with zero attached hydrogens (tertiary/aromatic N) is 5. The second-order valence-corrected chi connectivity index (χ2v) is 15.4. The van der Waals surface area contributed by atoms with E-state index in [0.29, 0.717) is 38.0 Å². The molecule has 0 aliphatic carbocycles. The first-order valence-corrected chi connectivity index (χ1v) is 19.1. The van der Waals surface area contributed by atoms with Crippen LogP contribution < -0.4 is 25.8 Å². The Morgan fingerprint density at radius 3 is 2.32 bits per heavy atom. The zero-order valence-corrected chi connectivity index (χ0v) is 29.7. The molecule has 53 heavy (non-hydrogen) atoms. The number of anilines is 2. The van der Waals surface area contributed by atoms with Crippen LogP contribution >= 0.6 is 0 Å². The fraction of sp³-hybridized carbons (Fsp3) is 0.417. The van der Waals surface area contributed by atoms with Crippen LogP contribution in [0.2, 0.25) is 0 Å². The predicted octanol–water partition coefficient (Wildman–Crippen LogP) is 3.24. The number of aromatic amines is 1. The van der Waals surface area contributed by atoms with Crippen molar-refractivity contribution in [2.45, 2.75) is 49.0 Å². The third-order valence-corrected chi connectivity index (χ3v) is 12.0. The van der Waals surface area contributed by atoms with E-state index in [4.69, 9.17) is 4.74 Å². The highest BCUT2D eigenvalue weighted by molar-refractivity contribution is 7.89. The van der Waals surface area contributed by atoms with E-state index >= 15 is 0 Å². The first-order chi connectivity index (χ1) is 25.5. The lowest BCUT2D eigenvalue weighted by atomic mass is 9.90. The maximum absolute atomic E-state index is 13.4. The van der Waals surface area contributed by atoms with Gasteiger partial charge in [-0.25, -0.2) is 22.2 Å². The van der Waals surface area contributed by atoms with Gasteiger partial charge in [0.15, 0.2) is 0 Å². The van der Waals surface area contributed by atoms with Crippen LogP contribution in [0.4, 0.5) is 20.4 Å². The summed E-state index contributed by atoms with van der Waals surface area (Å²) in [6.45, 7) is 5.17. The van der Waals surface area contributed by atoms with E-state index < -0.39 is 27.6 Å². The number of ether oxygens (including phenoxy) is 1. The van der Waals surface area contributed by atoms with Gasteiger partial charge in [0.05, 0.1) is 16.4 Å². The molecule has 3 aliphatic heterocycles. The monoisotopic (exact) mass is 750 g/mol. The van der Waals surface area contributed by atoms with Crippen LogP contribution in [-0.2, 0) is 19.6 Å². The number of carbonyl (C=O) groups excluding carboxylic acids is 2. The molecule has 2 amide bonds. The lowest BCUT2D eigenvalue weighted by Crippen LogP contribution is -2.47. The van der Waals surface area contributed by atoms with Crippen LogP contribution in [-0.4, -0.2) is 103 Å². The van der Waals surface area contributed by atoms with E-state index in [2.05, 4.69) is 35.4 Å². The number of imide groups is 1. The molecule has 3 fully saturated rings. The number of hydrogen-bond acceptors (Lipinski definition) is 11. The predicted molar refractivity (Wildman–Crippen MR) is 193 cm³/mol. The van der Waals surface area contributed by atoms with Crippen molar-refractivity contribution < 1.29 is 31.5 Å². The minimum absolute atomic E-state index is 0.122. The third kappa shape index (κ3) is 8.31. The van der Waals surface area contributed by atoms with Gasteiger partial charge in [-0.05, 0) is 67.3 Å². The molecule has 0 bridgehead atoms. The van der Waals surface area contributed by atoms with E-state index in [0.717, 1.165) is 50.0 Å². The lowest BCUT2D eigenvalue weighted by Gasteiger charge is -2.36. The maximum atomic E-state index is 13.4. The largest absolute Gasteiger partial charge is 0.492 e. The fourth-order valence-electron chi connectivity index (χ4n) is 6.97. The second kappa shape index (κ2) is 15.5. The summed E-state index contributed by atoms with van der Waals surface area (Å²) in [7, 11) is -3.72. The maximum Gasteiger partial charge on any atom is 0.269 e. The summed E-state index contributed by atoms with van der Waals surface area (Å²) in [5.74, 6) is 0.0633. The van der Waals surface area contributed by atoms with Gasteiger partial charge in [0.2, 0.25) is 27.8 Å². The van der Waals surface area contributed by atoms with E-state index in [1.165, 1.54) is 10.5 Å². The normalized spacial score (nSPS) is 19.5. The summed E-state index contributed by atoms with van der Waals surface area (Å²) in [5, 5.41) is 5.86. The number of rotatable bonds is 11. The summed E-state index contributed by atoms with van der Waals surface area (Å²) in [6.07, 6.45) is 0.325. The van der Waals surface area contributed by atoms with E-state index in [1.54, 1.807) is 24.3 Å². The highest BCUT2D eigenvalue weighted by Crippen LogP contribution is 2.28. The van der Waals surface area contributed by atoms with Gasteiger partial charge in [0.1, 0.15) is 18.0 Å². The zero-order valence-electron chi connectivity index (χ0n) is 28.8. The Labute approximate surface area is 304 Å². The van der Waals surface area contributed by atoms with Crippen molar-refractivity contribution in [1.82, 2.24) is 29.5 Å². The molecule has 7 rings (SSSR count). The number of carbonyl (C=O) groups is 2. The van der Waals surface area contributed by atoms with Gasteiger partial charge in [-0.1, -0.05) is 12.1 Å². The average Bonchev–Trinajstić information content (AvgIpc) is 3.15. The topological polar surface area (TPSA) is 170 Å². The van der Waals surface area contributed by atoms with Crippen molar-refractivity contribution >= 4 is 44.5 Å². The van der Waals surface area contributed by atoms with Gasteiger partial charge in [-0.15, -0.1) is 0 Å². The molecule has 14 nitrogen and oxygen atoms in total. The average molecular weight is 751 g/mol. The van der Waals surface area contributed by atoms with Crippen LogP contribution in [0.3, 0.4) is 0 Å². The molecule has 2 aromatic carbocycles. The number of amides is 2. The molecular weight excluding hydrogens is 711 g/mol. The van der Waals surface area contributed by atoms with Gasteiger partial charge in [0, 0.05) is 75.5 Å². The first kappa shape index (κ1) is 36.4. The smallest absolute Gasteiger partial charge is 0.269 e. The summed E-state index contributed by atoms with van der Waals surface area (Å²) in [4.78, 5) is 51.2. The Balaban J connectivity index is 0.836. The molecule has 1 unspecified atom stereocenters. The minimum Gasteiger partial charge on any atom is -0.492 e. The van der Waals surface area contributed by atoms with Crippen molar-refractivity contribution in [3.8, 4) is 5.75 Å². The summed E-state index contributed by atoms with van der Waals surface area (Å²) < 4.78 is 60.3. The molecule has 3 aliphatic rings. The highest BCUT2D eigenvalue weighted by Gasteiger charge is 2.30. The number of fused-ring (bicyclic) bond motifs is 1. The van der Waals surface area contributed by atoms with Gasteiger partial charge in [-0.2, -0.15) is 9.29 Å². The molecule has 0 saturated carbocycles. The van der Waals surface area contributed by atoms with Gasteiger partial charge < -0.3 is 19.9 Å². The van der Waals surface area contributed by atoms with Crippen molar-refractivity contribution in [3.05, 3.63) is 82.3 Å². The highest BCUT2D eigenvalue weighted by atomic mass is 32.2. The number of halogens is 2. The number of alkyl halides is 2. The molecule has 17 heteroatoms. The van der Waals surface area contributed by atoms with Crippen LogP contribution in [0.25, 0.3) is 11.0 Å². The number of hydrogen-bond donors (Lipinski definition) is 3. The molecule has 3 saturated heterocycles. The van der Waals surface area contributed by atoms with E-state index in [1.807, 2.05) is 24.3 Å². The molecule has 0 spiro atoms. The molecule has 3 N–H and O–H groups in total. The Hall–Kier alpha value is -5.00. The molecular formula is C36H40F2N8O6S. The second-order valence-electron chi connectivity index (χ2n) is 13.4. The standard InChI is InChI=1S/C36H40F2N8O6S/c37-32(38)30-21-24-22-39-36(43-33(24)42-35(30)49)40-25-11-13-46(14-12-25)53(50,51)28-7-5-27(6-8-28)52-20-19-44-15-17-45(18-16-44)26-3-1-23(2-4-26)29-9-10-31(47)41-34(29)48/h1-8,21-22,25,29,32H,9-20H2,(H,41,47,48)(H2,39,40,42,43,49). The molecule has 1 atom stereocenters. The Kier molecular flexibility index (Phi) is 10.7. The quantitative estimate of drug-likeness (QED) is 0.193. The first-order valence-electron chi connectivity index (χ1n) is 17.6. The number of aromatic nitrogens is 3. The zero-order chi connectivity index (χ0) is 37.1. The van der Waals surface area contributed by atoms with Crippen LogP contribution in [0.5, 0.6) is 5.75 Å². The van der Waals surface area contributed by atoms with Crippen LogP contribution in [0.1, 0.15) is 49.2 Å². The van der Waals surface area contributed by atoms with Crippen molar-refractivity contribution in [2.75, 3.05) is 62.6 Å². The van der Waals surface area contributed by atoms with E-state index in [-0.39, 0.29) is 58.7 Å². The number of pyridine rings is 1. The molecule has 5 heterocycles. The van der Waals surface area contributed by atoms with Crippen LogP contribution in [0, 0.1) is 0 Å². The minimum atomic E-state index is -3.72. The number of piperazine rings is 1. The number of benzene rings is 2. The Bertz CT molecular complexity index is 2120. The van der Waals surface area contributed by atoms with Crippen molar-refractivity contribution in [2.24, 2.45) is 0 Å². The lowest BCUT2D eigenvalue weighted by molar-refractivity contribution is -0.134. The molecule has 280 valence electrons. The summed E-state index contributed by atoms with van der Waals surface area (Å²) in [6, 6.07) is 15.4. The summed E-state index contributed by atoms with van der Waals surface area (Å²) >= 11 is 0. The van der Waals surface area contributed by atoms with Gasteiger partial charge >= 0.3 is 0 Å². The SMILES string of the molecule is O=C1CCC(c2ccc(N3CCN(CCOc4ccc(S(=O)(=O)N5CCC(Nc6ncc7cc(C(F)F)c(=O)[nH]c7n6)CC5)cc4)CC3)cc2)C(=O)N1. The van der Waals surface area contributed by atoms with Gasteiger partial charge in [0.25, 0.3) is 12.0 Å². The molecule has 0 radical (unpaired) electrons. The summed E-state index contributed by atoms with van der Waals surface area (Å²) in [5.41, 5.74) is 0.602. The Morgan fingerprint density at radius 2 is 1.64 bits per heavy atom.